The van der Waals surface area contributed by atoms with Gasteiger partial charge in [-0.2, -0.15) is 0 Å². The molecule has 0 bridgehead atoms. The van der Waals surface area contributed by atoms with Crippen molar-refractivity contribution in [3.63, 3.8) is 0 Å². The summed E-state index contributed by atoms with van der Waals surface area (Å²) >= 11 is 18.5. The predicted molar refractivity (Wildman–Crippen MR) is 126 cm³/mol. The second kappa shape index (κ2) is 8.60. The van der Waals surface area contributed by atoms with Crippen LogP contribution in [0.3, 0.4) is 0 Å². The van der Waals surface area contributed by atoms with Crippen LogP contribution in [0, 0.1) is 0 Å². The van der Waals surface area contributed by atoms with Gasteiger partial charge in [0.2, 0.25) is 0 Å². The van der Waals surface area contributed by atoms with Crippen molar-refractivity contribution in [2.45, 2.75) is 12.8 Å². The van der Waals surface area contributed by atoms with Gasteiger partial charge in [-0.3, -0.25) is 4.90 Å². The lowest BCUT2D eigenvalue weighted by Gasteiger charge is -2.26. The standard InChI is InChI=1S/C23H22Cl3NSi/c24-28(25,26)23-7-3-6-22(17-23)20-11-14-27(15-12-20)13-10-18-8-9-19-4-1-2-5-21(19)16-18/h1-9,11,16-17H,10,12-15H2. The van der Waals surface area contributed by atoms with Gasteiger partial charge in [0.25, 0.3) is 0 Å². The van der Waals surface area contributed by atoms with Gasteiger partial charge in [0, 0.05) is 19.6 Å². The molecule has 5 heteroatoms. The molecular weight excluding hydrogens is 425 g/mol. The van der Waals surface area contributed by atoms with Crippen LogP contribution in [0.4, 0.5) is 0 Å². The first-order valence-corrected chi connectivity index (χ1v) is 14.6. The van der Waals surface area contributed by atoms with Gasteiger partial charge in [0.15, 0.2) is 0 Å². The van der Waals surface area contributed by atoms with Crippen molar-refractivity contribution in [3.05, 3.63) is 83.9 Å². The molecular formula is C23H22Cl3NSi. The molecule has 0 aromatic heterocycles. The van der Waals surface area contributed by atoms with Gasteiger partial charge in [0.05, 0.1) is 0 Å². The fraction of sp³-hybridized carbons (Fsp3) is 0.217. The molecule has 0 saturated carbocycles. The molecule has 144 valence electrons. The van der Waals surface area contributed by atoms with Gasteiger partial charge in [-0.1, -0.05) is 72.8 Å². The number of rotatable bonds is 5. The number of nitrogens with zero attached hydrogens (tertiary/aromatic N) is 1. The lowest BCUT2D eigenvalue weighted by atomic mass is 9.99. The Balaban J connectivity index is 1.38. The molecule has 0 unspecified atom stereocenters. The second-order valence-electron chi connectivity index (χ2n) is 7.29. The van der Waals surface area contributed by atoms with E-state index in [2.05, 4.69) is 65.6 Å². The third kappa shape index (κ3) is 4.81. The van der Waals surface area contributed by atoms with Crippen molar-refractivity contribution in [3.8, 4) is 0 Å². The summed E-state index contributed by atoms with van der Waals surface area (Å²) in [7, 11) is 0. The van der Waals surface area contributed by atoms with Crippen LogP contribution in [0.2, 0.25) is 0 Å². The Bertz CT molecular complexity index is 1010. The number of hydrogen-bond acceptors (Lipinski definition) is 1. The third-order valence-electron chi connectivity index (χ3n) is 5.38. The maximum Gasteiger partial charge on any atom is 0.372 e. The normalized spacial score (nSPS) is 15.6. The zero-order valence-electron chi connectivity index (χ0n) is 15.5. The summed E-state index contributed by atoms with van der Waals surface area (Å²) in [6.45, 7) is 3.11. The van der Waals surface area contributed by atoms with Gasteiger partial charge in [-0.05, 0) is 45.5 Å². The minimum atomic E-state index is -2.83. The SMILES string of the molecule is Cl[Si](Cl)(Cl)c1cccc(C2=CCN(CCc3ccc4ccccc4c3)CC2)c1. The lowest BCUT2D eigenvalue weighted by Crippen LogP contribution is -2.32. The Labute approximate surface area is 181 Å². The van der Waals surface area contributed by atoms with Gasteiger partial charge in [-0.15, -0.1) is 33.2 Å². The van der Waals surface area contributed by atoms with Crippen LogP contribution in [0.25, 0.3) is 16.3 Å². The summed E-state index contributed by atoms with van der Waals surface area (Å²) in [5.41, 5.74) is 3.94. The van der Waals surface area contributed by atoms with Gasteiger partial charge in [-0.25, -0.2) is 0 Å². The Morgan fingerprint density at radius 3 is 2.43 bits per heavy atom. The molecule has 0 atom stereocenters. The van der Waals surface area contributed by atoms with Crippen LogP contribution in [0.1, 0.15) is 17.5 Å². The molecule has 1 nitrogen and oxygen atoms in total. The monoisotopic (exact) mass is 445 g/mol. The molecule has 1 heterocycles. The molecule has 3 aromatic rings. The smallest absolute Gasteiger partial charge is 0.299 e. The molecule has 28 heavy (non-hydrogen) atoms. The van der Waals surface area contributed by atoms with Crippen LogP contribution in [-0.4, -0.2) is 30.5 Å². The van der Waals surface area contributed by atoms with Crippen LogP contribution < -0.4 is 5.19 Å². The summed E-state index contributed by atoms with van der Waals surface area (Å²) in [6, 6.07) is 20.6. The average Bonchev–Trinajstić information content (AvgIpc) is 2.72. The van der Waals surface area contributed by atoms with Crippen molar-refractivity contribution in [1.29, 1.82) is 0 Å². The number of benzene rings is 3. The van der Waals surface area contributed by atoms with Crippen molar-refractivity contribution >= 4 is 60.8 Å². The summed E-state index contributed by atoms with van der Waals surface area (Å²) in [5, 5.41) is 3.48. The lowest BCUT2D eigenvalue weighted by molar-refractivity contribution is 0.306. The van der Waals surface area contributed by atoms with Crippen molar-refractivity contribution in [1.82, 2.24) is 4.90 Å². The molecule has 0 radical (unpaired) electrons. The molecule has 1 aliphatic heterocycles. The second-order valence-corrected chi connectivity index (χ2v) is 15.7. The van der Waals surface area contributed by atoms with Crippen LogP contribution in [0.15, 0.2) is 72.8 Å². The highest BCUT2D eigenvalue weighted by atomic mass is 35.8. The van der Waals surface area contributed by atoms with E-state index in [0.29, 0.717) is 0 Å². The molecule has 0 saturated heterocycles. The largest absolute Gasteiger partial charge is 0.372 e. The first-order valence-electron chi connectivity index (χ1n) is 9.56. The predicted octanol–water partition coefficient (Wildman–Crippen LogP) is 6.03. The van der Waals surface area contributed by atoms with E-state index < -0.39 is 6.00 Å². The maximum atomic E-state index is 6.17. The molecule has 4 rings (SSSR count). The minimum absolute atomic E-state index is 0.856. The number of halogens is 3. The van der Waals surface area contributed by atoms with E-state index in [1.165, 1.54) is 27.5 Å². The van der Waals surface area contributed by atoms with E-state index in [-0.39, 0.29) is 0 Å². The summed E-state index contributed by atoms with van der Waals surface area (Å²) in [5.74, 6) is 0. The first kappa shape index (κ1) is 20.0. The fourth-order valence-corrected chi connectivity index (χ4v) is 5.42. The van der Waals surface area contributed by atoms with E-state index in [0.717, 1.165) is 37.7 Å². The Hall–Kier alpha value is -1.29. The molecule has 0 spiro atoms. The number of hydrogen-bond donors (Lipinski definition) is 0. The summed E-state index contributed by atoms with van der Waals surface area (Å²) in [4.78, 5) is 2.51. The number of fused-ring (bicyclic) bond motifs is 1. The van der Waals surface area contributed by atoms with E-state index in [4.69, 9.17) is 33.2 Å². The summed E-state index contributed by atoms with van der Waals surface area (Å²) in [6.07, 6.45) is 4.42. The molecule has 1 aliphatic rings. The van der Waals surface area contributed by atoms with Gasteiger partial charge in [0.1, 0.15) is 0 Å². The van der Waals surface area contributed by atoms with E-state index >= 15 is 0 Å². The zero-order chi connectivity index (χ0) is 19.6. The first-order chi connectivity index (χ1) is 13.5. The van der Waals surface area contributed by atoms with Crippen LogP contribution in [0.5, 0.6) is 0 Å². The highest BCUT2D eigenvalue weighted by Gasteiger charge is 2.28. The van der Waals surface area contributed by atoms with Crippen molar-refractivity contribution in [2.75, 3.05) is 19.6 Å². The third-order valence-corrected chi connectivity index (χ3v) is 8.31. The van der Waals surface area contributed by atoms with E-state index in [1.54, 1.807) is 0 Å². The highest BCUT2D eigenvalue weighted by Crippen LogP contribution is 2.25. The average molecular weight is 447 g/mol. The maximum absolute atomic E-state index is 6.17. The molecule has 0 fully saturated rings. The van der Waals surface area contributed by atoms with E-state index in [9.17, 15) is 0 Å². The summed E-state index contributed by atoms with van der Waals surface area (Å²) < 4.78 is 0. The van der Waals surface area contributed by atoms with Gasteiger partial charge < -0.3 is 0 Å². The Morgan fingerprint density at radius 2 is 1.68 bits per heavy atom. The van der Waals surface area contributed by atoms with E-state index in [1.807, 2.05) is 12.1 Å². The fourth-order valence-electron chi connectivity index (χ4n) is 3.75. The molecule has 3 aromatic carbocycles. The molecule has 0 aliphatic carbocycles. The van der Waals surface area contributed by atoms with Crippen LogP contribution in [-0.2, 0) is 6.42 Å². The van der Waals surface area contributed by atoms with Crippen molar-refractivity contribution in [2.24, 2.45) is 0 Å². The van der Waals surface area contributed by atoms with Crippen LogP contribution >= 0.6 is 33.2 Å². The molecule has 0 N–H and O–H groups in total. The topological polar surface area (TPSA) is 3.24 Å². The highest BCUT2D eigenvalue weighted by molar-refractivity contribution is 7.69. The van der Waals surface area contributed by atoms with Gasteiger partial charge >= 0.3 is 6.00 Å². The Kier molecular flexibility index (Phi) is 6.15. The Morgan fingerprint density at radius 1 is 0.857 bits per heavy atom. The quantitative estimate of drug-likeness (QED) is 0.341. The van der Waals surface area contributed by atoms with Crippen molar-refractivity contribution < 1.29 is 0 Å². The minimum Gasteiger partial charge on any atom is -0.299 e. The molecule has 0 amide bonds. The zero-order valence-corrected chi connectivity index (χ0v) is 18.8.